The first-order valence-electron chi connectivity index (χ1n) is 12.1. The van der Waals surface area contributed by atoms with E-state index < -0.39 is 17.6 Å². The van der Waals surface area contributed by atoms with Crippen LogP contribution in [0.2, 0.25) is 0 Å². The first kappa shape index (κ1) is 25.7. The minimum Gasteiger partial charge on any atom is -0.443 e. The van der Waals surface area contributed by atoms with Crippen molar-refractivity contribution in [2.24, 2.45) is 0 Å². The van der Waals surface area contributed by atoms with Crippen LogP contribution in [0.5, 0.6) is 0 Å². The second kappa shape index (κ2) is 9.93. The van der Waals surface area contributed by atoms with Gasteiger partial charge in [0.05, 0.1) is 17.8 Å². The highest BCUT2D eigenvalue weighted by atomic mass is 35.5. The third kappa shape index (κ3) is 5.87. The largest absolute Gasteiger partial charge is 0.443 e. The number of anilines is 2. The lowest BCUT2D eigenvalue weighted by Crippen LogP contribution is -2.37. The topological polar surface area (TPSA) is 88.8 Å². The van der Waals surface area contributed by atoms with E-state index in [-0.39, 0.29) is 17.5 Å². The van der Waals surface area contributed by atoms with Gasteiger partial charge in [0.1, 0.15) is 11.4 Å². The van der Waals surface area contributed by atoms with Gasteiger partial charge in [0, 0.05) is 28.9 Å². The Bertz CT molecular complexity index is 1320. The molecule has 2 amide bonds. The van der Waals surface area contributed by atoms with E-state index in [0.29, 0.717) is 17.4 Å². The van der Waals surface area contributed by atoms with Crippen molar-refractivity contribution in [3.63, 3.8) is 0 Å². The molecule has 0 radical (unpaired) electrons. The molecule has 36 heavy (non-hydrogen) atoms. The molecule has 1 saturated carbocycles. The molecular weight excluding hydrogens is 478 g/mol. The first-order valence-corrected chi connectivity index (χ1v) is 12.4. The van der Waals surface area contributed by atoms with Crippen molar-refractivity contribution in [3.8, 4) is 0 Å². The number of carbonyl (C=O) groups is 2. The number of halogens is 1. The van der Waals surface area contributed by atoms with Gasteiger partial charge in [0.25, 0.3) is 5.91 Å². The minimum absolute atomic E-state index is 0.109. The number of fused-ring (bicyclic) bond motifs is 1. The average Bonchev–Trinajstić information content (AvgIpc) is 3.54. The van der Waals surface area contributed by atoms with Crippen LogP contribution in [0, 0.1) is 0 Å². The number of hydrogen-bond acceptors (Lipinski definition) is 5. The minimum atomic E-state index is -0.690. The predicted molar refractivity (Wildman–Crippen MR) is 142 cm³/mol. The van der Waals surface area contributed by atoms with E-state index in [2.05, 4.69) is 30.8 Å². The second-order valence-corrected chi connectivity index (χ2v) is 10.9. The van der Waals surface area contributed by atoms with Crippen molar-refractivity contribution in [2.75, 3.05) is 10.2 Å². The lowest BCUT2D eigenvalue weighted by Gasteiger charge is -2.28. The molecule has 1 fully saturated rings. The van der Waals surface area contributed by atoms with Gasteiger partial charge in [0.15, 0.2) is 5.65 Å². The van der Waals surface area contributed by atoms with Crippen molar-refractivity contribution in [3.05, 3.63) is 65.0 Å². The summed E-state index contributed by atoms with van der Waals surface area (Å²) < 4.78 is 7.52. The monoisotopic (exact) mass is 509 g/mol. The molecule has 2 aromatic heterocycles. The molecule has 3 aromatic rings. The van der Waals surface area contributed by atoms with Gasteiger partial charge in [-0.25, -0.2) is 9.78 Å². The third-order valence-electron chi connectivity index (χ3n) is 5.78. The number of amides is 2. The van der Waals surface area contributed by atoms with Crippen molar-refractivity contribution in [1.29, 1.82) is 0 Å². The SMILES string of the molecule is C=C(Cl)C(=O)Nc1cccc(CN(C(=O)OC(C)(C)C)c2cc(C3CC3)nc3c(C(C)C)cnn23)c1. The van der Waals surface area contributed by atoms with Crippen LogP contribution >= 0.6 is 11.6 Å². The molecule has 0 atom stereocenters. The molecule has 0 saturated heterocycles. The summed E-state index contributed by atoms with van der Waals surface area (Å²) in [5, 5.41) is 7.20. The van der Waals surface area contributed by atoms with E-state index in [1.54, 1.807) is 27.6 Å². The normalized spacial score (nSPS) is 13.6. The predicted octanol–water partition coefficient (Wildman–Crippen LogP) is 6.36. The summed E-state index contributed by atoms with van der Waals surface area (Å²) in [7, 11) is 0. The number of ether oxygens (including phenoxy) is 1. The number of aromatic nitrogens is 3. The maximum Gasteiger partial charge on any atom is 0.416 e. The average molecular weight is 510 g/mol. The maximum atomic E-state index is 13.5. The van der Waals surface area contributed by atoms with Gasteiger partial charge in [0.2, 0.25) is 0 Å². The van der Waals surface area contributed by atoms with Gasteiger partial charge in [-0.15, -0.1) is 0 Å². The Morgan fingerprint density at radius 3 is 2.61 bits per heavy atom. The van der Waals surface area contributed by atoms with Crippen molar-refractivity contribution < 1.29 is 14.3 Å². The molecule has 0 aliphatic heterocycles. The molecule has 8 nitrogen and oxygen atoms in total. The molecule has 1 aliphatic carbocycles. The standard InChI is InChI=1S/C27H32ClN5O3/c1-16(2)21-14-29-33-23(13-22(19-10-11-19)31-24(21)33)32(26(35)36-27(4,5)6)15-18-8-7-9-20(12-18)30-25(34)17(3)28/h7-9,12-14,16,19H,3,10-11,15H2,1-2,4-6H3,(H,30,34). The molecule has 1 aromatic carbocycles. The lowest BCUT2D eigenvalue weighted by atomic mass is 10.1. The van der Waals surface area contributed by atoms with Crippen molar-refractivity contribution >= 4 is 40.8 Å². The van der Waals surface area contributed by atoms with Crippen LogP contribution in [0.15, 0.2) is 48.1 Å². The molecule has 1 aliphatic rings. The highest BCUT2D eigenvalue weighted by Gasteiger charge is 2.31. The maximum absolute atomic E-state index is 13.5. The van der Waals surface area contributed by atoms with Crippen LogP contribution in [0.3, 0.4) is 0 Å². The Morgan fingerprint density at radius 1 is 1.28 bits per heavy atom. The van der Waals surface area contributed by atoms with Gasteiger partial charge >= 0.3 is 6.09 Å². The zero-order valence-corrected chi connectivity index (χ0v) is 22.1. The van der Waals surface area contributed by atoms with Crippen LogP contribution in [-0.2, 0) is 16.1 Å². The number of rotatable bonds is 7. The van der Waals surface area contributed by atoms with Gasteiger partial charge in [-0.1, -0.05) is 44.2 Å². The molecule has 0 unspecified atom stereocenters. The Balaban J connectivity index is 1.79. The fraction of sp³-hybridized carbons (Fsp3) is 0.407. The lowest BCUT2D eigenvalue weighted by molar-refractivity contribution is -0.112. The number of nitrogens with zero attached hydrogens (tertiary/aromatic N) is 4. The Morgan fingerprint density at radius 2 is 2.00 bits per heavy atom. The van der Waals surface area contributed by atoms with Crippen molar-refractivity contribution in [2.45, 2.75) is 71.4 Å². The molecule has 0 bridgehead atoms. The fourth-order valence-corrected chi connectivity index (χ4v) is 3.90. The van der Waals surface area contributed by atoms with Gasteiger partial charge in [-0.2, -0.15) is 9.61 Å². The summed E-state index contributed by atoms with van der Waals surface area (Å²) in [6, 6.07) is 9.16. The number of benzene rings is 1. The molecule has 0 spiro atoms. The molecule has 4 rings (SSSR count). The molecule has 9 heteroatoms. The summed E-state index contributed by atoms with van der Waals surface area (Å²) in [5.41, 5.74) is 3.37. The van der Waals surface area contributed by atoms with Crippen molar-refractivity contribution in [1.82, 2.24) is 14.6 Å². The first-order chi connectivity index (χ1) is 16.9. The van der Waals surface area contributed by atoms with Crippen LogP contribution < -0.4 is 10.2 Å². The van der Waals surface area contributed by atoms with Gasteiger partial charge < -0.3 is 10.1 Å². The van der Waals surface area contributed by atoms with Crippen LogP contribution in [-0.4, -0.2) is 32.2 Å². The number of hydrogen-bond donors (Lipinski definition) is 1. The Kier molecular flexibility index (Phi) is 7.09. The van der Waals surface area contributed by atoms with E-state index in [1.165, 1.54) is 0 Å². The van der Waals surface area contributed by atoms with E-state index in [0.717, 1.165) is 35.3 Å². The zero-order chi connectivity index (χ0) is 26.2. The van der Waals surface area contributed by atoms with Crippen LogP contribution in [0.25, 0.3) is 5.65 Å². The van der Waals surface area contributed by atoms with E-state index >= 15 is 0 Å². The Labute approximate surface area is 216 Å². The third-order valence-corrected chi connectivity index (χ3v) is 5.95. The summed E-state index contributed by atoms with van der Waals surface area (Å²) in [4.78, 5) is 32.0. The molecular formula is C27H32ClN5O3. The number of nitrogens with one attached hydrogen (secondary N) is 1. The van der Waals surface area contributed by atoms with Crippen LogP contribution in [0.4, 0.5) is 16.3 Å². The number of carbonyl (C=O) groups excluding carboxylic acids is 2. The summed E-state index contributed by atoms with van der Waals surface area (Å²) >= 11 is 5.72. The summed E-state index contributed by atoms with van der Waals surface area (Å²) in [6.07, 6.45) is 3.47. The quantitative estimate of drug-likeness (QED) is 0.374. The zero-order valence-electron chi connectivity index (χ0n) is 21.3. The van der Waals surface area contributed by atoms with E-state index in [9.17, 15) is 9.59 Å². The van der Waals surface area contributed by atoms with E-state index in [1.807, 2.05) is 39.1 Å². The summed E-state index contributed by atoms with van der Waals surface area (Å²) in [6.45, 7) is 13.4. The van der Waals surface area contributed by atoms with Gasteiger partial charge in [-0.3, -0.25) is 9.69 Å². The smallest absolute Gasteiger partial charge is 0.416 e. The molecule has 190 valence electrons. The highest BCUT2D eigenvalue weighted by Crippen LogP contribution is 2.41. The Hall–Kier alpha value is -3.39. The summed E-state index contributed by atoms with van der Waals surface area (Å²) in [5.74, 6) is 0.711. The fourth-order valence-electron chi connectivity index (χ4n) is 3.85. The molecule has 1 N–H and O–H groups in total. The van der Waals surface area contributed by atoms with Crippen LogP contribution in [0.1, 0.15) is 76.1 Å². The second-order valence-electron chi connectivity index (χ2n) is 10.4. The van der Waals surface area contributed by atoms with Gasteiger partial charge in [-0.05, 0) is 57.2 Å². The van der Waals surface area contributed by atoms with E-state index in [4.69, 9.17) is 21.3 Å². The molecule has 2 heterocycles. The highest BCUT2D eigenvalue weighted by molar-refractivity contribution is 6.43.